The Morgan fingerprint density at radius 2 is 2.29 bits per heavy atom. The number of aliphatic hydroxyl groups is 1. The lowest BCUT2D eigenvalue weighted by Crippen LogP contribution is -1.98. The number of aliphatic hydroxyl groups excluding tert-OH is 1. The molecule has 2 rings (SSSR count). The highest BCUT2D eigenvalue weighted by atomic mass is 16.3. The summed E-state index contributed by atoms with van der Waals surface area (Å²) < 4.78 is 3.66. The van der Waals surface area contributed by atoms with Crippen LogP contribution in [0, 0.1) is 0 Å². The van der Waals surface area contributed by atoms with Crippen LogP contribution < -0.4 is 0 Å². The molecule has 14 heavy (non-hydrogen) atoms. The van der Waals surface area contributed by atoms with Crippen molar-refractivity contribution in [1.29, 1.82) is 0 Å². The first-order chi connectivity index (χ1) is 6.78. The summed E-state index contributed by atoms with van der Waals surface area (Å²) in [4.78, 5) is 4.02. The smallest absolute Gasteiger partial charge is 0.0954 e. The van der Waals surface area contributed by atoms with Gasteiger partial charge in [0, 0.05) is 19.4 Å². The van der Waals surface area contributed by atoms with Crippen LogP contribution in [0.1, 0.15) is 11.4 Å². The molecule has 0 aliphatic carbocycles. The van der Waals surface area contributed by atoms with Gasteiger partial charge in [-0.3, -0.25) is 4.68 Å². The van der Waals surface area contributed by atoms with Gasteiger partial charge < -0.3 is 9.67 Å². The third kappa shape index (κ3) is 1.82. The Kier molecular flexibility index (Phi) is 2.32. The predicted molar refractivity (Wildman–Crippen MR) is 50.5 cm³/mol. The fraction of sp³-hybridized carbons (Fsp3) is 0.333. The van der Waals surface area contributed by atoms with E-state index in [1.807, 2.05) is 30.1 Å². The Hall–Kier alpha value is -1.62. The molecule has 0 unspecified atom stereocenters. The van der Waals surface area contributed by atoms with Crippen molar-refractivity contribution in [1.82, 2.24) is 19.3 Å². The van der Waals surface area contributed by atoms with Crippen LogP contribution in [0.2, 0.25) is 0 Å². The van der Waals surface area contributed by atoms with Gasteiger partial charge in [-0.2, -0.15) is 5.10 Å². The summed E-state index contributed by atoms with van der Waals surface area (Å²) >= 11 is 0. The van der Waals surface area contributed by atoms with E-state index in [2.05, 4.69) is 10.1 Å². The van der Waals surface area contributed by atoms with Gasteiger partial charge in [-0.1, -0.05) is 0 Å². The van der Waals surface area contributed by atoms with E-state index < -0.39 is 0 Å². The number of hydrogen-bond acceptors (Lipinski definition) is 3. The molecule has 0 spiro atoms. The number of aryl methyl sites for hydroxylation is 1. The van der Waals surface area contributed by atoms with Gasteiger partial charge in [-0.25, -0.2) is 4.98 Å². The Labute approximate surface area is 81.6 Å². The van der Waals surface area contributed by atoms with Gasteiger partial charge in [-0.05, 0) is 6.07 Å². The molecule has 0 aliphatic rings. The zero-order valence-electron chi connectivity index (χ0n) is 7.96. The molecule has 0 aromatic carbocycles. The second-order valence-electron chi connectivity index (χ2n) is 3.18. The van der Waals surface area contributed by atoms with Crippen LogP contribution in [0.25, 0.3) is 0 Å². The second kappa shape index (κ2) is 3.63. The summed E-state index contributed by atoms with van der Waals surface area (Å²) in [7, 11) is 1.89. The minimum absolute atomic E-state index is 0.0186. The van der Waals surface area contributed by atoms with Crippen LogP contribution in [0.4, 0.5) is 0 Å². The zero-order chi connectivity index (χ0) is 9.97. The minimum atomic E-state index is -0.0186. The molecule has 5 heteroatoms. The predicted octanol–water partition coefficient (Wildman–Crippen LogP) is 0.157. The first-order valence-corrected chi connectivity index (χ1v) is 4.38. The first-order valence-electron chi connectivity index (χ1n) is 4.38. The molecule has 0 fully saturated rings. The van der Waals surface area contributed by atoms with E-state index in [1.54, 1.807) is 11.0 Å². The number of hydrogen-bond donors (Lipinski definition) is 1. The van der Waals surface area contributed by atoms with Crippen LogP contribution in [0.5, 0.6) is 0 Å². The molecule has 2 aromatic heterocycles. The topological polar surface area (TPSA) is 55.9 Å². The number of aromatic nitrogens is 4. The summed E-state index contributed by atoms with van der Waals surface area (Å²) in [5.41, 5.74) is 1.66. The normalized spacial score (nSPS) is 10.7. The highest BCUT2D eigenvalue weighted by Gasteiger charge is 2.00. The molecule has 2 aromatic rings. The maximum Gasteiger partial charge on any atom is 0.0954 e. The zero-order valence-corrected chi connectivity index (χ0v) is 7.96. The molecule has 1 N–H and O–H groups in total. The SMILES string of the molecule is Cn1ccc(Cn2cnc(CO)c2)n1. The van der Waals surface area contributed by atoms with Gasteiger partial charge in [0.05, 0.1) is 30.9 Å². The summed E-state index contributed by atoms with van der Waals surface area (Å²) in [6.07, 6.45) is 5.41. The van der Waals surface area contributed by atoms with E-state index in [1.165, 1.54) is 0 Å². The van der Waals surface area contributed by atoms with Gasteiger partial charge in [0.25, 0.3) is 0 Å². The quantitative estimate of drug-likeness (QED) is 0.753. The molecule has 0 aliphatic heterocycles. The molecule has 0 bridgehead atoms. The van der Waals surface area contributed by atoms with Gasteiger partial charge in [0.2, 0.25) is 0 Å². The highest BCUT2D eigenvalue weighted by molar-refractivity contribution is 5.02. The fourth-order valence-corrected chi connectivity index (χ4v) is 1.31. The van der Waals surface area contributed by atoms with Crippen molar-refractivity contribution in [3.05, 3.63) is 36.2 Å². The monoisotopic (exact) mass is 192 g/mol. The molecular weight excluding hydrogens is 180 g/mol. The van der Waals surface area contributed by atoms with Crippen molar-refractivity contribution < 1.29 is 5.11 Å². The molecule has 0 atom stereocenters. The van der Waals surface area contributed by atoms with Gasteiger partial charge >= 0.3 is 0 Å². The van der Waals surface area contributed by atoms with Crippen molar-refractivity contribution >= 4 is 0 Å². The summed E-state index contributed by atoms with van der Waals surface area (Å²) in [5.74, 6) is 0. The van der Waals surface area contributed by atoms with Crippen molar-refractivity contribution in [2.45, 2.75) is 13.2 Å². The average Bonchev–Trinajstić information content (AvgIpc) is 2.76. The van der Waals surface area contributed by atoms with E-state index in [0.29, 0.717) is 12.2 Å². The fourth-order valence-electron chi connectivity index (χ4n) is 1.31. The summed E-state index contributed by atoms with van der Waals surface area (Å²) in [5, 5.41) is 13.1. The molecule has 5 nitrogen and oxygen atoms in total. The molecule has 0 saturated carbocycles. The molecule has 0 saturated heterocycles. The molecular formula is C9H12N4O. The largest absolute Gasteiger partial charge is 0.390 e. The van der Waals surface area contributed by atoms with E-state index in [9.17, 15) is 0 Å². The molecule has 2 heterocycles. The van der Waals surface area contributed by atoms with Crippen molar-refractivity contribution in [2.75, 3.05) is 0 Å². The minimum Gasteiger partial charge on any atom is -0.390 e. The standard InChI is InChI=1S/C9H12N4O/c1-12-3-2-8(11-12)4-13-5-9(6-14)10-7-13/h2-3,5,7,14H,4,6H2,1H3. The maximum absolute atomic E-state index is 8.83. The Bertz CT molecular complexity index is 418. The van der Waals surface area contributed by atoms with Crippen molar-refractivity contribution in [3.8, 4) is 0 Å². The highest BCUT2D eigenvalue weighted by Crippen LogP contribution is 2.01. The summed E-state index contributed by atoms with van der Waals surface area (Å²) in [6, 6.07) is 1.96. The van der Waals surface area contributed by atoms with Crippen LogP contribution in [-0.2, 0) is 20.2 Å². The lowest BCUT2D eigenvalue weighted by atomic mass is 10.4. The van der Waals surface area contributed by atoms with Gasteiger partial charge in [0.15, 0.2) is 0 Å². The molecule has 74 valence electrons. The lowest BCUT2D eigenvalue weighted by molar-refractivity contribution is 0.277. The van der Waals surface area contributed by atoms with Crippen LogP contribution in [0.15, 0.2) is 24.8 Å². The Balaban J connectivity index is 2.10. The van der Waals surface area contributed by atoms with E-state index in [-0.39, 0.29) is 6.61 Å². The average molecular weight is 192 g/mol. The second-order valence-corrected chi connectivity index (χ2v) is 3.18. The Morgan fingerprint density at radius 1 is 1.43 bits per heavy atom. The van der Waals surface area contributed by atoms with Crippen molar-refractivity contribution in [3.63, 3.8) is 0 Å². The van der Waals surface area contributed by atoms with Gasteiger partial charge in [-0.15, -0.1) is 0 Å². The first kappa shape index (κ1) is 8.96. The lowest BCUT2D eigenvalue weighted by Gasteiger charge is -1.96. The van der Waals surface area contributed by atoms with E-state index >= 15 is 0 Å². The van der Waals surface area contributed by atoms with Gasteiger partial charge in [0.1, 0.15) is 0 Å². The van der Waals surface area contributed by atoms with Crippen LogP contribution in [0.3, 0.4) is 0 Å². The van der Waals surface area contributed by atoms with E-state index in [4.69, 9.17) is 5.11 Å². The molecule has 0 radical (unpaired) electrons. The maximum atomic E-state index is 8.83. The van der Waals surface area contributed by atoms with E-state index in [0.717, 1.165) is 5.69 Å². The number of nitrogens with zero attached hydrogens (tertiary/aromatic N) is 4. The Morgan fingerprint density at radius 3 is 2.86 bits per heavy atom. The summed E-state index contributed by atoms with van der Waals surface area (Å²) in [6.45, 7) is 0.670. The molecule has 0 amide bonds. The third-order valence-electron chi connectivity index (χ3n) is 1.96. The van der Waals surface area contributed by atoms with Crippen LogP contribution >= 0.6 is 0 Å². The third-order valence-corrected chi connectivity index (χ3v) is 1.96. The van der Waals surface area contributed by atoms with Crippen molar-refractivity contribution in [2.24, 2.45) is 7.05 Å². The number of imidazole rings is 1. The van der Waals surface area contributed by atoms with Crippen LogP contribution in [-0.4, -0.2) is 24.4 Å². The number of rotatable bonds is 3.